The first-order chi connectivity index (χ1) is 9.63. The van der Waals surface area contributed by atoms with Gasteiger partial charge in [-0.1, -0.05) is 19.8 Å². The molecule has 5 heteroatoms. The van der Waals surface area contributed by atoms with Crippen molar-refractivity contribution in [3.8, 4) is 5.88 Å². The lowest BCUT2D eigenvalue weighted by Crippen LogP contribution is -2.52. The maximum atomic E-state index is 6.09. The van der Waals surface area contributed by atoms with Gasteiger partial charge in [0.1, 0.15) is 12.1 Å². The summed E-state index contributed by atoms with van der Waals surface area (Å²) in [4.78, 5) is 8.57. The van der Waals surface area contributed by atoms with Crippen LogP contribution in [0.25, 0.3) is 0 Å². The lowest BCUT2D eigenvalue weighted by Gasteiger charge is -2.43. The Kier molecular flexibility index (Phi) is 4.81. The van der Waals surface area contributed by atoms with Crippen molar-refractivity contribution >= 4 is 5.82 Å². The first kappa shape index (κ1) is 15.0. The molecule has 0 bridgehead atoms. The molecule has 0 saturated heterocycles. The number of rotatable bonds is 5. The number of nitrogens with one attached hydrogen (secondary N) is 1. The molecule has 3 N–H and O–H groups in total. The minimum Gasteiger partial charge on any atom is -0.478 e. The van der Waals surface area contributed by atoms with Crippen LogP contribution in [0, 0.1) is 12.8 Å². The molecule has 0 aliphatic heterocycles. The zero-order chi connectivity index (χ0) is 14.6. The molecule has 112 valence electrons. The van der Waals surface area contributed by atoms with E-state index >= 15 is 0 Å². The molecular formula is C15H26N4O. The molecule has 0 amide bonds. The summed E-state index contributed by atoms with van der Waals surface area (Å²) in [5.74, 6) is 2.05. The Morgan fingerprint density at radius 1 is 1.45 bits per heavy atom. The van der Waals surface area contributed by atoms with Crippen molar-refractivity contribution in [2.24, 2.45) is 11.7 Å². The van der Waals surface area contributed by atoms with Gasteiger partial charge in [-0.15, -0.1) is 0 Å². The van der Waals surface area contributed by atoms with Crippen molar-refractivity contribution in [1.29, 1.82) is 0 Å². The number of aromatic nitrogens is 2. The van der Waals surface area contributed by atoms with Crippen molar-refractivity contribution in [1.82, 2.24) is 9.97 Å². The molecule has 20 heavy (non-hydrogen) atoms. The van der Waals surface area contributed by atoms with Crippen LogP contribution in [0.3, 0.4) is 0 Å². The third kappa shape index (κ3) is 2.87. The van der Waals surface area contributed by atoms with Crippen molar-refractivity contribution in [2.75, 3.05) is 18.5 Å². The van der Waals surface area contributed by atoms with Gasteiger partial charge in [-0.05, 0) is 32.6 Å². The molecule has 0 spiro atoms. The molecule has 2 unspecified atom stereocenters. The van der Waals surface area contributed by atoms with Crippen LogP contribution in [0.1, 0.15) is 45.1 Å². The zero-order valence-electron chi connectivity index (χ0n) is 12.8. The van der Waals surface area contributed by atoms with E-state index in [0.29, 0.717) is 24.9 Å². The molecule has 0 radical (unpaired) electrons. The monoisotopic (exact) mass is 278 g/mol. The summed E-state index contributed by atoms with van der Waals surface area (Å²) >= 11 is 0. The smallest absolute Gasteiger partial charge is 0.221 e. The molecular weight excluding hydrogens is 252 g/mol. The van der Waals surface area contributed by atoms with Gasteiger partial charge >= 0.3 is 0 Å². The van der Waals surface area contributed by atoms with E-state index < -0.39 is 0 Å². The third-order valence-electron chi connectivity index (χ3n) is 4.50. The van der Waals surface area contributed by atoms with Gasteiger partial charge in [-0.3, -0.25) is 0 Å². The van der Waals surface area contributed by atoms with E-state index in [1.54, 1.807) is 6.33 Å². The first-order valence-electron chi connectivity index (χ1n) is 7.55. The van der Waals surface area contributed by atoms with E-state index in [1.165, 1.54) is 19.3 Å². The van der Waals surface area contributed by atoms with Gasteiger partial charge in [-0.25, -0.2) is 9.97 Å². The second kappa shape index (κ2) is 6.39. The molecule has 1 saturated carbocycles. The SMILES string of the molecule is CCOc1ncnc(NC2(CN)CCCCC2C)c1C. The van der Waals surface area contributed by atoms with Crippen molar-refractivity contribution in [2.45, 2.75) is 52.0 Å². The molecule has 1 aromatic heterocycles. The number of ether oxygens (including phenoxy) is 1. The Labute approximate surface area is 121 Å². The second-order valence-corrected chi connectivity index (χ2v) is 5.72. The van der Waals surface area contributed by atoms with Crippen molar-refractivity contribution < 1.29 is 4.74 Å². The van der Waals surface area contributed by atoms with Gasteiger partial charge in [0.05, 0.1) is 17.7 Å². The minimum absolute atomic E-state index is 0.0547. The highest BCUT2D eigenvalue weighted by molar-refractivity contribution is 5.50. The van der Waals surface area contributed by atoms with E-state index in [2.05, 4.69) is 22.2 Å². The maximum Gasteiger partial charge on any atom is 0.221 e. The predicted molar refractivity (Wildman–Crippen MR) is 81.0 cm³/mol. The average molecular weight is 278 g/mol. The van der Waals surface area contributed by atoms with Gasteiger partial charge < -0.3 is 15.8 Å². The average Bonchev–Trinajstić information content (AvgIpc) is 2.46. The normalized spacial score (nSPS) is 26.3. The van der Waals surface area contributed by atoms with E-state index in [1.807, 2.05) is 13.8 Å². The van der Waals surface area contributed by atoms with Crippen LogP contribution >= 0.6 is 0 Å². The fourth-order valence-electron chi connectivity index (χ4n) is 3.03. The highest BCUT2D eigenvalue weighted by atomic mass is 16.5. The molecule has 1 aromatic rings. The van der Waals surface area contributed by atoms with E-state index in [9.17, 15) is 0 Å². The summed E-state index contributed by atoms with van der Waals surface area (Å²) in [6.45, 7) is 7.46. The highest BCUT2D eigenvalue weighted by Gasteiger charge is 2.37. The summed E-state index contributed by atoms with van der Waals surface area (Å²) in [5, 5.41) is 3.60. The van der Waals surface area contributed by atoms with E-state index in [4.69, 9.17) is 10.5 Å². The van der Waals surface area contributed by atoms with Gasteiger partial charge in [0.2, 0.25) is 5.88 Å². The van der Waals surface area contributed by atoms with Crippen LogP contribution in [-0.4, -0.2) is 28.7 Å². The lowest BCUT2D eigenvalue weighted by molar-refractivity contribution is 0.234. The summed E-state index contributed by atoms with van der Waals surface area (Å²) in [5.41, 5.74) is 6.99. The highest BCUT2D eigenvalue weighted by Crippen LogP contribution is 2.36. The topological polar surface area (TPSA) is 73.1 Å². The Balaban J connectivity index is 2.25. The van der Waals surface area contributed by atoms with Crippen LogP contribution < -0.4 is 15.8 Å². The molecule has 1 aliphatic rings. The molecule has 2 rings (SSSR count). The Morgan fingerprint density at radius 3 is 2.90 bits per heavy atom. The molecule has 1 fully saturated rings. The lowest BCUT2D eigenvalue weighted by atomic mass is 9.73. The Morgan fingerprint density at radius 2 is 2.25 bits per heavy atom. The predicted octanol–water partition coefficient (Wildman–Crippen LogP) is 2.50. The minimum atomic E-state index is -0.0547. The Hall–Kier alpha value is -1.36. The van der Waals surface area contributed by atoms with Gasteiger partial charge in [0.25, 0.3) is 0 Å². The van der Waals surface area contributed by atoms with Gasteiger partial charge in [0.15, 0.2) is 0 Å². The van der Waals surface area contributed by atoms with Gasteiger partial charge in [0, 0.05) is 6.54 Å². The summed E-state index contributed by atoms with van der Waals surface area (Å²) < 4.78 is 5.54. The molecule has 2 atom stereocenters. The van der Waals surface area contributed by atoms with Crippen LogP contribution in [0.4, 0.5) is 5.82 Å². The number of nitrogens with zero attached hydrogens (tertiary/aromatic N) is 2. The van der Waals surface area contributed by atoms with Crippen LogP contribution in [0.2, 0.25) is 0 Å². The molecule has 1 heterocycles. The molecule has 0 aromatic carbocycles. The number of hydrogen-bond donors (Lipinski definition) is 2. The van der Waals surface area contributed by atoms with E-state index in [0.717, 1.165) is 17.8 Å². The standard InChI is InChI=1S/C15H26N4O/c1-4-20-14-12(3)13(17-10-18-14)19-15(9-16)8-6-5-7-11(15)2/h10-11H,4-9,16H2,1-3H3,(H,17,18,19). The third-order valence-corrected chi connectivity index (χ3v) is 4.50. The van der Waals surface area contributed by atoms with Crippen LogP contribution in [0.15, 0.2) is 6.33 Å². The second-order valence-electron chi connectivity index (χ2n) is 5.72. The first-order valence-corrected chi connectivity index (χ1v) is 7.55. The van der Waals surface area contributed by atoms with Crippen molar-refractivity contribution in [3.63, 3.8) is 0 Å². The summed E-state index contributed by atoms with van der Waals surface area (Å²) in [7, 11) is 0. The number of nitrogens with two attached hydrogens (primary N) is 1. The largest absolute Gasteiger partial charge is 0.478 e. The fourth-order valence-corrected chi connectivity index (χ4v) is 3.03. The molecule has 5 nitrogen and oxygen atoms in total. The quantitative estimate of drug-likeness (QED) is 0.865. The van der Waals surface area contributed by atoms with E-state index in [-0.39, 0.29) is 5.54 Å². The Bertz CT molecular complexity index is 451. The maximum absolute atomic E-state index is 6.09. The summed E-state index contributed by atoms with van der Waals surface area (Å²) in [6.07, 6.45) is 6.37. The number of hydrogen-bond acceptors (Lipinski definition) is 5. The fraction of sp³-hybridized carbons (Fsp3) is 0.733. The van der Waals surface area contributed by atoms with Gasteiger partial charge in [-0.2, -0.15) is 0 Å². The molecule has 1 aliphatic carbocycles. The summed E-state index contributed by atoms with van der Waals surface area (Å²) in [6, 6.07) is 0. The zero-order valence-corrected chi connectivity index (χ0v) is 12.8. The van der Waals surface area contributed by atoms with Crippen molar-refractivity contribution in [3.05, 3.63) is 11.9 Å². The van der Waals surface area contributed by atoms with Crippen LogP contribution in [0.5, 0.6) is 5.88 Å². The number of anilines is 1. The van der Waals surface area contributed by atoms with Crippen LogP contribution in [-0.2, 0) is 0 Å².